The monoisotopic (exact) mass is 340 g/mol. The summed E-state index contributed by atoms with van der Waals surface area (Å²) in [6.07, 6.45) is 1.78. The predicted molar refractivity (Wildman–Crippen MR) is 94.9 cm³/mol. The first kappa shape index (κ1) is 16.8. The topological polar surface area (TPSA) is 84.3 Å². The van der Waals surface area contributed by atoms with E-state index in [0.29, 0.717) is 30.5 Å². The molecular formula is C19H20N2O4. The molecule has 1 amide bonds. The summed E-state index contributed by atoms with van der Waals surface area (Å²) >= 11 is 0. The van der Waals surface area contributed by atoms with Gasteiger partial charge in [0, 0.05) is 13.0 Å². The third-order valence-electron chi connectivity index (χ3n) is 4.02. The molecule has 3 aromatic rings. The summed E-state index contributed by atoms with van der Waals surface area (Å²) in [6, 6.07) is 13.2. The van der Waals surface area contributed by atoms with Gasteiger partial charge in [-0.1, -0.05) is 18.2 Å². The lowest BCUT2D eigenvalue weighted by atomic mass is 10.1. The Hall–Kier alpha value is -3.02. The molecule has 6 nitrogen and oxygen atoms in total. The van der Waals surface area contributed by atoms with Crippen LogP contribution in [0, 0.1) is 0 Å². The maximum atomic E-state index is 12.0. The first-order valence-corrected chi connectivity index (χ1v) is 8.15. The molecule has 0 fully saturated rings. The Balaban J connectivity index is 1.44. The van der Waals surface area contributed by atoms with Gasteiger partial charge < -0.3 is 14.5 Å². The first-order valence-electron chi connectivity index (χ1n) is 8.15. The lowest BCUT2D eigenvalue weighted by Crippen LogP contribution is -2.25. The minimum Gasteiger partial charge on any atom is -0.497 e. The van der Waals surface area contributed by atoms with Crippen LogP contribution in [0.1, 0.15) is 17.5 Å². The van der Waals surface area contributed by atoms with Gasteiger partial charge in [0.2, 0.25) is 5.91 Å². The van der Waals surface area contributed by atoms with Gasteiger partial charge in [0.15, 0.2) is 5.58 Å². The van der Waals surface area contributed by atoms with E-state index in [2.05, 4.69) is 10.3 Å². The number of aromatic amines is 1. The van der Waals surface area contributed by atoms with Crippen molar-refractivity contribution in [2.75, 3.05) is 13.7 Å². The standard InChI is InChI=1S/C19H20N2O4/c1-24-15-6-2-13(3-7-15)10-11-20-18(22)9-5-14-4-8-17-16(12-14)21-19(23)25-17/h2-4,6-8,12H,5,9-11H2,1H3,(H,20,22)(H,21,23). The largest absolute Gasteiger partial charge is 0.497 e. The SMILES string of the molecule is COc1ccc(CCNC(=O)CCc2ccc3oc(=O)[nH]c3c2)cc1. The molecule has 2 N–H and O–H groups in total. The molecule has 1 aromatic heterocycles. The van der Waals surface area contributed by atoms with Crippen LogP contribution in [0.25, 0.3) is 11.1 Å². The van der Waals surface area contributed by atoms with Gasteiger partial charge in [0.1, 0.15) is 5.75 Å². The summed E-state index contributed by atoms with van der Waals surface area (Å²) < 4.78 is 10.1. The van der Waals surface area contributed by atoms with Crippen molar-refractivity contribution in [3.05, 3.63) is 64.1 Å². The van der Waals surface area contributed by atoms with E-state index in [0.717, 1.165) is 23.3 Å². The Labute approximate surface area is 144 Å². The second-order valence-corrected chi connectivity index (χ2v) is 5.79. The van der Waals surface area contributed by atoms with Crippen molar-refractivity contribution in [3.63, 3.8) is 0 Å². The first-order chi connectivity index (χ1) is 12.1. The Kier molecular flexibility index (Phi) is 5.18. The van der Waals surface area contributed by atoms with Crippen LogP contribution in [0.3, 0.4) is 0 Å². The van der Waals surface area contributed by atoms with Gasteiger partial charge in [-0.2, -0.15) is 0 Å². The Morgan fingerprint density at radius 3 is 2.64 bits per heavy atom. The fourth-order valence-electron chi connectivity index (χ4n) is 2.64. The summed E-state index contributed by atoms with van der Waals surface area (Å²) in [5, 5.41) is 2.92. The highest BCUT2D eigenvalue weighted by molar-refractivity contribution is 5.77. The fourth-order valence-corrected chi connectivity index (χ4v) is 2.64. The summed E-state index contributed by atoms with van der Waals surface area (Å²) in [4.78, 5) is 25.7. The second-order valence-electron chi connectivity index (χ2n) is 5.79. The van der Waals surface area contributed by atoms with Gasteiger partial charge in [-0.15, -0.1) is 0 Å². The van der Waals surface area contributed by atoms with E-state index in [1.165, 1.54) is 0 Å². The molecule has 0 bridgehead atoms. The number of methoxy groups -OCH3 is 1. The van der Waals surface area contributed by atoms with Crippen molar-refractivity contribution in [1.29, 1.82) is 0 Å². The minimum atomic E-state index is -0.469. The van der Waals surface area contributed by atoms with E-state index in [1.807, 2.05) is 36.4 Å². The van der Waals surface area contributed by atoms with Gasteiger partial charge in [-0.3, -0.25) is 9.78 Å². The summed E-state index contributed by atoms with van der Waals surface area (Å²) in [6.45, 7) is 0.596. The number of fused-ring (bicyclic) bond motifs is 1. The highest BCUT2D eigenvalue weighted by Crippen LogP contribution is 2.14. The van der Waals surface area contributed by atoms with Gasteiger partial charge >= 0.3 is 5.76 Å². The molecule has 6 heteroatoms. The van der Waals surface area contributed by atoms with E-state index in [9.17, 15) is 9.59 Å². The molecule has 3 rings (SSSR count). The number of aryl methyl sites for hydroxylation is 1. The zero-order chi connectivity index (χ0) is 17.6. The summed E-state index contributed by atoms with van der Waals surface area (Å²) in [5.74, 6) is 0.362. The minimum absolute atomic E-state index is 0.00861. The Bertz CT molecular complexity index is 909. The fraction of sp³-hybridized carbons (Fsp3) is 0.263. The van der Waals surface area contributed by atoms with Gasteiger partial charge in [-0.25, -0.2) is 4.79 Å². The summed E-state index contributed by atoms with van der Waals surface area (Å²) in [5.41, 5.74) is 3.31. The van der Waals surface area contributed by atoms with E-state index in [4.69, 9.17) is 9.15 Å². The van der Waals surface area contributed by atoms with Crippen LogP contribution < -0.4 is 15.8 Å². The van der Waals surface area contributed by atoms with Crippen LogP contribution in [-0.2, 0) is 17.6 Å². The lowest BCUT2D eigenvalue weighted by Gasteiger charge is -2.06. The number of aromatic nitrogens is 1. The smallest absolute Gasteiger partial charge is 0.417 e. The van der Waals surface area contributed by atoms with E-state index < -0.39 is 5.76 Å². The number of carbonyl (C=O) groups excluding carboxylic acids is 1. The third-order valence-corrected chi connectivity index (χ3v) is 4.02. The van der Waals surface area contributed by atoms with Crippen molar-refractivity contribution < 1.29 is 13.9 Å². The van der Waals surface area contributed by atoms with Crippen molar-refractivity contribution >= 4 is 17.0 Å². The van der Waals surface area contributed by atoms with Crippen LogP contribution in [0.4, 0.5) is 0 Å². The average molecular weight is 340 g/mol. The molecule has 0 aliphatic rings. The molecule has 0 unspecified atom stereocenters. The van der Waals surface area contributed by atoms with Gasteiger partial charge in [0.05, 0.1) is 12.6 Å². The number of H-pyrrole nitrogens is 1. The van der Waals surface area contributed by atoms with Crippen molar-refractivity contribution in [1.82, 2.24) is 10.3 Å². The number of benzene rings is 2. The number of amides is 1. The molecule has 130 valence electrons. The van der Waals surface area contributed by atoms with Crippen LogP contribution in [-0.4, -0.2) is 24.5 Å². The van der Waals surface area contributed by atoms with Crippen molar-refractivity contribution in [2.45, 2.75) is 19.3 Å². The third kappa shape index (κ3) is 4.50. The number of oxazole rings is 1. The molecule has 0 saturated heterocycles. The Morgan fingerprint density at radius 2 is 1.88 bits per heavy atom. The lowest BCUT2D eigenvalue weighted by molar-refractivity contribution is -0.121. The van der Waals surface area contributed by atoms with Gasteiger partial charge in [-0.05, 0) is 48.2 Å². The predicted octanol–water partition coefficient (Wildman–Crippen LogP) is 2.42. The summed E-state index contributed by atoms with van der Waals surface area (Å²) in [7, 11) is 1.64. The second kappa shape index (κ2) is 7.70. The van der Waals surface area contributed by atoms with Crippen molar-refractivity contribution in [2.24, 2.45) is 0 Å². The molecule has 0 radical (unpaired) electrons. The van der Waals surface area contributed by atoms with Crippen LogP contribution in [0.5, 0.6) is 5.75 Å². The van der Waals surface area contributed by atoms with Crippen LogP contribution in [0.15, 0.2) is 51.7 Å². The molecule has 2 aromatic carbocycles. The molecular weight excluding hydrogens is 320 g/mol. The molecule has 1 heterocycles. The normalized spacial score (nSPS) is 10.8. The average Bonchev–Trinajstić information content (AvgIpc) is 3.00. The zero-order valence-electron chi connectivity index (χ0n) is 14.0. The highest BCUT2D eigenvalue weighted by atomic mass is 16.5. The van der Waals surface area contributed by atoms with E-state index in [1.54, 1.807) is 13.2 Å². The van der Waals surface area contributed by atoms with E-state index >= 15 is 0 Å². The highest BCUT2D eigenvalue weighted by Gasteiger charge is 2.05. The molecule has 0 atom stereocenters. The molecule has 25 heavy (non-hydrogen) atoms. The van der Waals surface area contributed by atoms with Crippen molar-refractivity contribution in [3.8, 4) is 5.75 Å². The molecule has 0 spiro atoms. The number of hydrogen-bond acceptors (Lipinski definition) is 4. The Morgan fingerprint density at radius 1 is 1.12 bits per heavy atom. The van der Waals surface area contributed by atoms with Gasteiger partial charge in [0.25, 0.3) is 0 Å². The maximum absolute atomic E-state index is 12.0. The quantitative estimate of drug-likeness (QED) is 0.692. The number of nitrogens with one attached hydrogen (secondary N) is 2. The van der Waals surface area contributed by atoms with Crippen LogP contribution >= 0.6 is 0 Å². The molecule has 0 aliphatic heterocycles. The maximum Gasteiger partial charge on any atom is 0.417 e. The van der Waals surface area contributed by atoms with E-state index in [-0.39, 0.29) is 5.91 Å². The number of rotatable bonds is 7. The van der Waals surface area contributed by atoms with Crippen LogP contribution in [0.2, 0.25) is 0 Å². The molecule has 0 aliphatic carbocycles. The number of ether oxygens (including phenoxy) is 1. The molecule has 0 saturated carbocycles. The number of carbonyl (C=O) groups is 1. The zero-order valence-corrected chi connectivity index (χ0v) is 14.0. The number of hydrogen-bond donors (Lipinski definition) is 2.